The Balaban J connectivity index is 2.03. The minimum absolute atomic E-state index is 0.0113. The number of nitrogens with one attached hydrogen (secondary N) is 1. The molecule has 1 heterocycles. The van der Waals surface area contributed by atoms with Gasteiger partial charge in [-0.2, -0.15) is 0 Å². The van der Waals surface area contributed by atoms with Crippen molar-refractivity contribution in [2.24, 2.45) is 5.92 Å². The van der Waals surface area contributed by atoms with Gasteiger partial charge in [-0.05, 0) is 56.5 Å². The third-order valence-corrected chi connectivity index (χ3v) is 7.86. The van der Waals surface area contributed by atoms with E-state index < -0.39 is 19.9 Å². The fraction of sp³-hybridized carbons (Fsp3) is 0.647. The van der Waals surface area contributed by atoms with Crippen LogP contribution in [0.4, 0.5) is 0 Å². The van der Waals surface area contributed by atoms with Gasteiger partial charge in [-0.3, -0.25) is 0 Å². The van der Waals surface area contributed by atoms with E-state index in [1.807, 2.05) is 6.92 Å². The van der Waals surface area contributed by atoms with Gasteiger partial charge in [0.1, 0.15) is 0 Å². The van der Waals surface area contributed by atoms with Crippen molar-refractivity contribution in [1.29, 1.82) is 0 Å². The number of sulfone groups is 1. The maximum absolute atomic E-state index is 12.5. The summed E-state index contributed by atoms with van der Waals surface area (Å²) < 4.78 is 51.3. The van der Waals surface area contributed by atoms with Crippen LogP contribution < -0.4 is 4.72 Å². The van der Waals surface area contributed by atoms with Gasteiger partial charge >= 0.3 is 0 Å². The first-order valence-electron chi connectivity index (χ1n) is 8.71. The van der Waals surface area contributed by atoms with E-state index >= 15 is 0 Å². The molecule has 0 aliphatic carbocycles. The average Bonchev–Trinajstić information content (AvgIpc) is 2.54. The Bertz CT molecular complexity index is 773. The van der Waals surface area contributed by atoms with Crippen molar-refractivity contribution in [1.82, 2.24) is 9.62 Å². The van der Waals surface area contributed by atoms with E-state index in [0.717, 1.165) is 19.5 Å². The molecule has 6 nitrogen and oxygen atoms in total. The Hall–Kier alpha value is -0.960. The topological polar surface area (TPSA) is 83.5 Å². The molecule has 8 heteroatoms. The maximum atomic E-state index is 12.5. The smallest absolute Gasteiger partial charge is 0.240 e. The van der Waals surface area contributed by atoms with Crippen LogP contribution in [-0.4, -0.2) is 53.2 Å². The zero-order chi connectivity index (χ0) is 18.7. The van der Waals surface area contributed by atoms with E-state index in [1.165, 1.54) is 30.7 Å². The molecule has 1 aliphatic rings. The van der Waals surface area contributed by atoms with Gasteiger partial charge < -0.3 is 4.90 Å². The summed E-state index contributed by atoms with van der Waals surface area (Å²) in [4.78, 5) is 2.52. The van der Waals surface area contributed by atoms with Crippen molar-refractivity contribution in [2.75, 3.05) is 25.4 Å². The van der Waals surface area contributed by atoms with Crippen LogP contribution in [0.5, 0.6) is 0 Å². The Kier molecular flexibility index (Phi) is 6.64. The number of piperidine rings is 1. The third-order valence-electron chi connectivity index (χ3n) is 4.50. The molecule has 1 aromatic rings. The molecule has 0 spiro atoms. The monoisotopic (exact) mass is 388 g/mol. The second kappa shape index (κ2) is 8.16. The van der Waals surface area contributed by atoms with Crippen molar-refractivity contribution in [3.8, 4) is 0 Å². The number of benzene rings is 1. The molecule has 2 rings (SSSR count). The molecule has 0 unspecified atom stereocenters. The SMILES string of the molecule is CCS(=O)(=O)c1ccc(S(=O)(=O)N[C@@H](C)CN2CCC[C@H](C)C2)cc1. The van der Waals surface area contributed by atoms with Crippen molar-refractivity contribution in [3.05, 3.63) is 24.3 Å². The van der Waals surface area contributed by atoms with Crippen LogP contribution in [0.3, 0.4) is 0 Å². The van der Waals surface area contributed by atoms with Crippen LogP contribution in [0, 0.1) is 5.92 Å². The molecule has 0 amide bonds. The van der Waals surface area contributed by atoms with Crippen molar-refractivity contribution in [2.45, 2.75) is 49.4 Å². The van der Waals surface area contributed by atoms with E-state index in [9.17, 15) is 16.8 Å². The van der Waals surface area contributed by atoms with Crippen LogP contribution in [0.1, 0.15) is 33.6 Å². The minimum atomic E-state index is -3.66. The predicted octanol–water partition coefficient (Wildman–Crippen LogP) is 1.88. The van der Waals surface area contributed by atoms with Gasteiger partial charge in [-0.15, -0.1) is 0 Å². The first kappa shape index (κ1) is 20.4. The Labute approximate surface area is 151 Å². The second-order valence-corrected chi connectivity index (χ2v) is 10.9. The lowest BCUT2D eigenvalue weighted by atomic mass is 10.00. The van der Waals surface area contributed by atoms with Crippen molar-refractivity contribution < 1.29 is 16.8 Å². The molecule has 1 saturated heterocycles. The maximum Gasteiger partial charge on any atom is 0.240 e. The predicted molar refractivity (Wildman–Crippen MR) is 98.8 cm³/mol. The molecule has 0 saturated carbocycles. The molecule has 0 aromatic heterocycles. The molecule has 1 fully saturated rings. The normalized spacial score (nSPS) is 21.2. The molecule has 1 aliphatic heterocycles. The summed E-state index contributed by atoms with van der Waals surface area (Å²) in [6.45, 7) is 8.30. The fourth-order valence-corrected chi connectivity index (χ4v) is 5.32. The third kappa shape index (κ3) is 5.51. The van der Waals surface area contributed by atoms with Crippen molar-refractivity contribution in [3.63, 3.8) is 0 Å². The molecule has 1 N–H and O–H groups in total. The number of rotatable bonds is 7. The summed E-state index contributed by atoms with van der Waals surface area (Å²) in [5.74, 6) is 0.633. The lowest BCUT2D eigenvalue weighted by molar-refractivity contribution is 0.174. The van der Waals surface area contributed by atoms with Crippen LogP contribution in [0.2, 0.25) is 0 Å². The Morgan fingerprint density at radius 3 is 2.32 bits per heavy atom. The van der Waals surface area contributed by atoms with E-state index in [2.05, 4.69) is 16.5 Å². The quantitative estimate of drug-likeness (QED) is 0.771. The van der Waals surface area contributed by atoms with Crippen LogP contribution in [0.25, 0.3) is 0 Å². The average molecular weight is 389 g/mol. The highest BCUT2D eigenvalue weighted by molar-refractivity contribution is 7.91. The number of nitrogens with zero attached hydrogens (tertiary/aromatic N) is 1. The largest absolute Gasteiger partial charge is 0.301 e. The summed E-state index contributed by atoms with van der Waals surface area (Å²) >= 11 is 0. The Morgan fingerprint density at radius 1 is 1.16 bits per heavy atom. The molecular weight excluding hydrogens is 360 g/mol. The fourth-order valence-electron chi connectivity index (χ4n) is 3.20. The molecule has 1 aromatic carbocycles. The highest BCUT2D eigenvalue weighted by atomic mass is 32.2. The van der Waals surface area contributed by atoms with Gasteiger partial charge in [-0.25, -0.2) is 21.6 Å². The lowest BCUT2D eigenvalue weighted by Crippen LogP contribution is -2.45. The summed E-state index contributed by atoms with van der Waals surface area (Å²) in [6.07, 6.45) is 2.37. The highest BCUT2D eigenvalue weighted by Crippen LogP contribution is 2.17. The second-order valence-electron chi connectivity index (χ2n) is 6.90. The van der Waals surface area contributed by atoms with E-state index in [0.29, 0.717) is 12.5 Å². The standard InChI is InChI=1S/C17H28N2O4S2/c1-4-24(20,21)16-7-9-17(10-8-16)25(22,23)18-15(3)13-19-11-5-6-14(2)12-19/h7-10,14-15,18H,4-6,11-13H2,1-3H3/t14-,15-/m0/s1. The number of sulfonamides is 1. The number of hydrogen-bond acceptors (Lipinski definition) is 5. The van der Waals surface area contributed by atoms with Gasteiger partial charge in [0.2, 0.25) is 10.0 Å². The van der Waals surface area contributed by atoms with Gasteiger partial charge in [0.25, 0.3) is 0 Å². The van der Waals surface area contributed by atoms with E-state index in [1.54, 1.807) is 6.92 Å². The zero-order valence-electron chi connectivity index (χ0n) is 15.1. The van der Waals surface area contributed by atoms with Crippen LogP contribution in [-0.2, 0) is 19.9 Å². The van der Waals surface area contributed by atoms with Gasteiger partial charge in [0.05, 0.1) is 15.5 Å². The zero-order valence-corrected chi connectivity index (χ0v) is 16.7. The molecule has 142 valence electrons. The van der Waals surface area contributed by atoms with Crippen LogP contribution in [0.15, 0.2) is 34.1 Å². The first-order valence-corrected chi connectivity index (χ1v) is 11.8. The molecular formula is C17H28N2O4S2. The first-order chi connectivity index (χ1) is 11.6. The van der Waals surface area contributed by atoms with Crippen LogP contribution >= 0.6 is 0 Å². The molecule has 0 radical (unpaired) electrons. The summed E-state index contributed by atoms with van der Waals surface area (Å²) in [7, 11) is -6.99. The summed E-state index contributed by atoms with van der Waals surface area (Å²) in [5.41, 5.74) is 0. The van der Waals surface area contributed by atoms with E-state index in [-0.39, 0.29) is 21.6 Å². The highest BCUT2D eigenvalue weighted by Gasteiger charge is 2.22. The molecule has 0 bridgehead atoms. The van der Waals surface area contributed by atoms with E-state index in [4.69, 9.17) is 0 Å². The lowest BCUT2D eigenvalue weighted by Gasteiger charge is -2.32. The van der Waals surface area contributed by atoms with Crippen molar-refractivity contribution >= 4 is 19.9 Å². The van der Waals surface area contributed by atoms with Gasteiger partial charge in [0, 0.05) is 19.1 Å². The molecule has 2 atom stereocenters. The molecule has 25 heavy (non-hydrogen) atoms. The summed E-state index contributed by atoms with van der Waals surface area (Å²) in [6, 6.07) is 5.19. The number of likely N-dealkylation sites (tertiary alicyclic amines) is 1. The van der Waals surface area contributed by atoms with Gasteiger partial charge in [-0.1, -0.05) is 13.8 Å². The summed E-state index contributed by atoms with van der Waals surface area (Å²) in [5, 5.41) is 0. The number of hydrogen-bond donors (Lipinski definition) is 1. The van der Waals surface area contributed by atoms with Gasteiger partial charge in [0.15, 0.2) is 9.84 Å². The Morgan fingerprint density at radius 2 is 1.76 bits per heavy atom. The minimum Gasteiger partial charge on any atom is -0.301 e.